The van der Waals surface area contributed by atoms with Gasteiger partial charge < -0.3 is 10.6 Å². The molecule has 0 spiro atoms. The van der Waals surface area contributed by atoms with Crippen LogP contribution in [0.5, 0.6) is 0 Å². The molecule has 20 heavy (non-hydrogen) atoms. The van der Waals surface area contributed by atoms with Crippen molar-refractivity contribution in [3.05, 3.63) is 5.69 Å². The summed E-state index contributed by atoms with van der Waals surface area (Å²) < 4.78 is 27.6. The van der Waals surface area contributed by atoms with Gasteiger partial charge in [-0.15, -0.1) is 0 Å². The zero-order chi connectivity index (χ0) is 15.0. The second-order valence-electron chi connectivity index (χ2n) is 5.86. The molecule has 6 nitrogen and oxygen atoms in total. The van der Waals surface area contributed by atoms with Gasteiger partial charge in [-0.1, -0.05) is 18.3 Å². The molecule has 0 aliphatic carbocycles. The fourth-order valence-electron chi connectivity index (χ4n) is 2.32. The third-order valence-electron chi connectivity index (χ3n) is 3.90. The zero-order valence-corrected chi connectivity index (χ0v) is 13.8. The van der Waals surface area contributed by atoms with E-state index in [1.807, 2.05) is 0 Å². The summed E-state index contributed by atoms with van der Waals surface area (Å²) in [5.41, 5.74) is 6.05. The van der Waals surface area contributed by atoms with Crippen molar-refractivity contribution >= 4 is 26.5 Å². The van der Waals surface area contributed by atoms with Gasteiger partial charge in [-0.05, 0) is 45.3 Å². The number of anilines is 1. The van der Waals surface area contributed by atoms with Gasteiger partial charge in [0.25, 0.3) is 10.0 Å². The highest BCUT2D eigenvalue weighted by atomic mass is 32.2. The van der Waals surface area contributed by atoms with E-state index in [4.69, 9.17) is 5.73 Å². The maximum absolute atomic E-state index is 12.3. The fraction of sp³-hybridized carbons (Fsp3) is 0.750. The minimum absolute atomic E-state index is 0.0176. The lowest BCUT2D eigenvalue weighted by Gasteiger charge is -2.37. The van der Waals surface area contributed by atoms with Gasteiger partial charge in [0.1, 0.15) is 0 Å². The van der Waals surface area contributed by atoms with Crippen LogP contribution >= 0.6 is 11.3 Å². The second-order valence-corrected chi connectivity index (χ2v) is 8.86. The van der Waals surface area contributed by atoms with E-state index < -0.39 is 10.0 Å². The highest BCUT2D eigenvalue weighted by Crippen LogP contribution is 2.31. The first kappa shape index (κ1) is 15.7. The number of likely N-dealkylation sites (tertiary alicyclic amines) is 1. The third-order valence-corrected chi connectivity index (χ3v) is 6.90. The molecule has 1 aromatic heterocycles. The summed E-state index contributed by atoms with van der Waals surface area (Å²) in [5.74, 6) is 0. The van der Waals surface area contributed by atoms with E-state index in [2.05, 4.69) is 28.6 Å². The van der Waals surface area contributed by atoms with Crippen molar-refractivity contribution in [2.75, 3.05) is 32.4 Å². The van der Waals surface area contributed by atoms with Gasteiger partial charge in [0.05, 0.1) is 5.69 Å². The van der Waals surface area contributed by atoms with E-state index >= 15 is 0 Å². The number of thiazole rings is 1. The molecule has 0 amide bonds. The van der Waals surface area contributed by atoms with Crippen molar-refractivity contribution in [1.82, 2.24) is 14.6 Å². The number of rotatable bonds is 4. The molecule has 2 heterocycles. The SMILES string of the molecule is Cc1nc(N)sc1S(=O)(=O)NCC1(C)CCN(C)CC1. The van der Waals surface area contributed by atoms with Crippen LogP contribution in [0, 0.1) is 12.3 Å². The Morgan fingerprint density at radius 2 is 2.05 bits per heavy atom. The minimum Gasteiger partial charge on any atom is -0.375 e. The fourth-order valence-corrected chi connectivity index (χ4v) is 4.86. The molecule has 2 rings (SSSR count). The Morgan fingerprint density at radius 3 is 2.55 bits per heavy atom. The Hall–Kier alpha value is -0.700. The second kappa shape index (κ2) is 5.59. The molecule has 1 aromatic rings. The van der Waals surface area contributed by atoms with Crippen molar-refractivity contribution in [1.29, 1.82) is 0 Å². The lowest BCUT2D eigenvalue weighted by Crippen LogP contribution is -2.43. The summed E-state index contributed by atoms with van der Waals surface area (Å²) in [6.07, 6.45) is 1.99. The highest BCUT2D eigenvalue weighted by molar-refractivity contribution is 7.91. The Morgan fingerprint density at radius 1 is 1.45 bits per heavy atom. The minimum atomic E-state index is -3.51. The molecule has 114 valence electrons. The normalized spacial score (nSPS) is 20.1. The summed E-state index contributed by atoms with van der Waals surface area (Å²) >= 11 is 1.02. The molecule has 0 unspecified atom stereocenters. The van der Waals surface area contributed by atoms with Crippen LogP contribution in [0.2, 0.25) is 0 Å². The lowest BCUT2D eigenvalue weighted by molar-refractivity contribution is 0.143. The molecule has 1 aliphatic heterocycles. The van der Waals surface area contributed by atoms with Gasteiger partial charge in [0.2, 0.25) is 0 Å². The number of nitrogen functional groups attached to an aromatic ring is 1. The van der Waals surface area contributed by atoms with Gasteiger partial charge in [-0.25, -0.2) is 18.1 Å². The summed E-state index contributed by atoms with van der Waals surface area (Å²) in [7, 11) is -1.42. The van der Waals surface area contributed by atoms with E-state index in [1.54, 1.807) is 6.92 Å². The van der Waals surface area contributed by atoms with Crippen molar-refractivity contribution in [3.8, 4) is 0 Å². The summed E-state index contributed by atoms with van der Waals surface area (Å²) in [5, 5.41) is 0.286. The Kier molecular flexibility index (Phi) is 4.38. The van der Waals surface area contributed by atoms with Crippen LogP contribution < -0.4 is 10.5 Å². The van der Waals surface area contributed by atoms with Crippen molar-refractivity contribution in [3.63, 3.8) is 0 Å². The smallest absolute Gasteiger partial charge is 0.252 e. The van der Waals surface area contributed by atoms with E-state index in [9.17, 15) is 8.42 Å². The first-order chi connectivity index (χ1) is 9.22. The Balaban J connectivity index is 2.04. The topological polar surface area (TPSA) is 88.3 Å². The van der Waals surface area contributed by atoms with Crippen LogP contribution in [0.4, 0.5) is 5.13 Å². The quantitative estimate of drug-likeness (QED) is 0.866. The van der Waals surface area contributed by atoms with E-state index in [0.717, 1.165) is 37.3 Å². The number of nitrogens with zero attached hydrogens (tertiary/aromatic N) is 2. The molecule has 0 radical (unpaired) electrons. The van der Waals surface area contributed by atoms with Crippen LogP contribution in [0.3, 0.4) is 0 Å². The van der Waals surface area contributed by atoms with Gasteiger partial charge in [-0.3, -0.25) is 0 Å². The number of aromatic nitrogens is 1. The summed E-state index contributed by atoms with van der Waals surface area (Å²) in [6.45, 7) is 6.27. The largest absolute Gasteiger partial charge is 0.375 e. The zero-order valence-electron chi connectivity index (χ0n) is 12.1. The van der Waals surface area contributed by atoms with Crippen molar-refractivity contribution in [2.24, 2.45) is 5.41 Å². The molecule has 0 atom stereocenters. The first-order valence-corrected chi connectivity index (χ1v) is 8.93. The maximum Gasteiger partial charge on any atom is 0.252 e. The molecule has 3 N–H and O–H groups in total. The highest BCUT2D eigenvalue weighted by Gasteiger charge is 2.31. The molecule has 0 saturated carbocycles. The number of hydrogen-bond acceptors (Lipinski definition) is 6. The Bertz CT molecular complexity index is 574. The molecule has 0 aromatic carbocycles. The van der Waals surface area contributed by atoms with Crippen LogP contribution in [0.1, 0.15) is 25.5 Å². The first-order valence-electron chi connectivity index (χ1n) is 6.63. The van der Waals surface area contributed by atoms with Gasteiger partial charge in [0.15, 0.2) is 9.34 Å². The van der Waals surface area contributed by atoms with Crippen LogP contribution in [0.25, 0.3) is 0 Å². The summed E-state index contributed by atoms with van der Waals surface area (Å²) in [6, 6.07) is 0. The van der Waals surface area contributed by atoms with Crippen molar-refractivity contribution in [2.45, 2.75) is 30.9 Å². The molecule has 1 saturated heterocycles. The van der Waals surface area contributed by atoms with E-state index in [-0.39, 0.29) is 14.8 Å². The number of nitrogens with two attached hydrogens (primary N) is 1. The molecule has 1 aliphatic rings. The van der Waals surface area contributed by atoms with Crippen LogP contribution in [-0.2, 0) is 10.0 Å². The number of nitrogens with one attached hydrogen (secondary N) is 1. The molecular weight excluding hydrogens is 296 g/mol. The lowest BCUT2D eigenvalue weighted by atomic mass is 9.81. The standard InChI is InChI=1S/C12H22N4O2S2/c1-9-10(19-11(13)15-9)20(17,18)14-8-12(2)4-6-16(3)7-5-12/h14H,4-8H2,1-3H3,(H2,13,15). The monoisotopic (exact) mass is 318 g/mol. The Labute approximate surface area is 124 Å². The summed E-state index contributed by atoms with van der Waals surface area (Å²) in [4.78, 5) is 6.24. The van der Waals surface area contributed by atoms with Crippen LogP contribution in [-0.4, -0.2) is 45.0 Å². The van der Waals surface area contributed by atoms with Gasteiger partial charge >= 0.3 is 0 Å². The third kappa shape index (κ3) is 3.49. The average Bonchev–Trinajstić information content (AvgIpc) is 2.71. The van der Waals surface area contributed by atoms with Crippen LogP contribution in [0.15, 0.2) is 4.21 Å². The van der Waals surface area contributed by atoms with E-state index in [1.165, 1.54) is 0 Å². The number of aryl methyl sites for hydroxylation is 1. The van der Waals surface area contributed by atoms with Gasteiger partial charge in [0, 0.05) is 6.54 Å². The average molecular weight is 318 g/mol. The van der Waals surface area contributed by atoms with E-state index in [0.29, 0.717) is 12.2 Å². The number of hydrogen-bond donors (Lipinski definition) is 2. The van der Waals surface area contributed by atoms with Gasteiger partial charge in [-0.2, -0.15) is 0 Å². The molecular formula is C12H22N4O2S2. The number of piperidine rings is 1. The van der Waals surface area contributed by atoms with Crippen molar-refractivity contribution < 1.29 is 8.42 Å². The maximum atomic E-state index is 12.3. The predicted molar refractivity (Wildman–Crippen MR) is 81.3 cm³/mol. The molecule has 0 bridgehead atoms. The number of sulfonamides is 1. The molecule has 8 heteroatoms. The molecule has 1 fully saturated rings. The predicted octanol–water partition coefficient (Wildman–Crippen LogP) is 1.04.